The molecule has 0 radical (unpaired) electrons. The number of aliphatic hydroxyl groups is 1. The molecule has 0 spiro atoms. The average molecular weight is 385 g/mol. The first-order chi connectivity index (χ1) is 13.0. The first-order valence-electron chi connectivity index (χ1n) is 9.15. The highest BCUT2D eigenvalue weighted by molar-refractivity contribution is 7.13. The molecule has 0 bridgehead atoms. The molecular formula is C20H23N3O3S. The van der Waals surface area contributed by atoms with Crippen molar-refractivity contribution in [3.8, 4) is 10.7 Å². The quantitative estimate of drug-likeness (QED) is 0.726. The molecule has 7 heteroatoms. The normalized spacial score (nSPS) is 18.2. The standard InChI is InChI=1S/C20H23N3O3S/c1-13-7-8-16(22(13)2)19-21-15(12-27-19)20(25)23-9-3-5-14(23)11-17(24)18-6-4-10-26-18/h4,6-8,10,12,14,17,24H,3,5,9,11H2,1-2H3. The number of thiazole rings is 1. The number of aromatic nitrogens is 2. The fourth-order valence-corrected chi connectivity index (χ4v) is 4.52. The third-order valence-corrected chi connectivity index (χ3v) is 6.18. The van der Waals surface area contributed by atoms with E-state index in [0.29, 0.717) is 24.4 Å². The van der Waals surface area contributed by atoms with Gasteiger partial charge in [0, 0.05) is 37.1 Å². The number of furan rings is 1. The Hall–Kier alpha value is -2.38. The van der Waals surface area contributed by atoms with Crippen LogP contribution in [0.4, 0.5) is 0 Å². The van der Waals surface area contributed by atoms with Crippen molar-refractivity contribution >= 4 is 17.2 Å². The molecule has 0 aliphatic carbocycles. The van der Waals surface area contributed by atoms with Crippen molar-refractivity contribution in [1.29, 1.82) is 0 Å². The van der Waals surface area contributed by atoms with Crippen LogP contribution in [0.3, 0.4) is 0 Å². The van der Waals surface area contributed by atoms with Gasteiger partial charge in [-0.25, -0.2) is 4.98 Å². The highest BCUT2D eigenvalue weighted by Crippen LogP contribution is 2.30. The fraction of sp³-hybridized carbons (Fsp3) is 0.400. The molecule has 1 saturated heterocycles. The van der Waals surface area contributed by atoms with Crippen LogP contribution in [0.1, 0.15) is 47.3 Å². The van der Waals surface area contributed by atoms with E-state index in [4.69, 9.17) is 4.42 Å². The second kappa shape index (κ2) is 7.32. The van der Waals surface area contributed by atoms with Crippen molar-refractivity contribution < 1.29 is 14.3 Å². The van der Waals surface area contributed by atoms with Crippen molar-refractivity contribution in [2.45, 2.75) is 38.3 Å². The molecule has 1 fully saturated rings. The van der Waals surface area contributed by atoms with Gasteiger partial charge in [-0.1, -0.05) is 0 Å². The number of amides is 1. The lowest BCUT2D eigenvalue weighted by Crippen LogP contribution is -2.36. The van der Waals surface area contributed by atoms with Gasteiger partial charge in [0.15, 0.2) is 0 Å². The summed E-state index contributed by atoms with van der Waals surface area (Å²) in [6.07, 6.45) is 3.16. The summed E-state index contributed by atoms with van der Waals surface area (Å²) in [7, 11) is 2.00. The number of likely N-dealkylation sites (tertiary alicyclic amines) is 1. The van der Waals surface area contributed by atoms with Gasteiger partial charge in [-0.3, -0.25) is 4.79 Å². The number of rotatable bonds is 5. The van der Waals surface area contributed by atoms with Crippen molar-refractivity contribution in [2.75, 3.05) is 6.54 Å². The Balaban J connectivity index is 1.49. The van der Waals surface area contributed by atoms with E-state index in [0.717, 1.165) is 29.2 Å². The predicted octanol–water partition coefficient (Wildman–Crippen LogP) is 3.78. The maximum Gasteiger partial charge on any atom is 0.273 e. The lowest BCUT2D eigenvalue weighted by Gasteiger charge is -2.25. The molecule has 6 nitrogen and oxygen atoms in total. The van der Waals surface area contributed by atoms with Gasteiger partial charge < -0.3 is 19.0 Å². The van der Waals surface area contributed by atoms with Crippen LogP contribution in [0.15, 0.2) is 40.3 Å². The molecule has 0 saturated carbocycles. The summed E-state index contributed by atoms with van der Waals surface area (Å²) in [6.45, 7) is 2.74. The van der Waals surface area contributed by atoms with E-state index in [1.807, 2.05) is 36.4 Å². The van der Waals surface area contributed by atoms with Crippen LogP contribution in [0.2, 0.25) is 0 Å². The summed E-state index contributed by atoms with van der Waals surface area (Å²) in [6, 6.07) is 7.60. The summed E-state index contributed by atoms with van der Waals surface area (Å²) >= 11 is 1.49. The number of carbonyl (C=O) groups is 1. The number of aliphatic hydroxyl groups excluding tert-OH is 1. The zero-order chi connectivity index (χ0) is 19.0. The molecule has 4 rings (SSSR count). The van der Waals surface area contributed by atoms with Gasteiger partial charge in [-0.15, -0.1) is 11.3 Å². The molecule has 2 unspecified atom stereocenters. The van der Waals surface area contributed by atoms with Gasteiger partial charge in [-0.2, -0.15) is 0 Å². The molecule has 0 aromatic carbocycles. The van der Waals surface area contributed by atoms with Crippen molar-refractivity contribution in [2.24, 2.45) is 7.05 Å². The highest BCUT2D eigenvalue weighted by atomic mass is 32.1. The molecule has 3 aromatic rings. The SMILES string of the molecule is Cc1ccc(-c2nc(C(=O)N3CCCC3CC(O)c3ccco3)cs2)n1C. The van der Waals surface area contributed by atoms with Gasteiger partial charge in [-0.05, 0) is 44.0 Å². The lowest BCUT2D eigenvalue weighted by atomic mass is 10.0. The van der Waals surface area contributed by atoms with Gasteiger partial charge in [0.05, 0.1) is 12.0 Å². The van der Waals surface area contributed by atoms with Gasteiger partial charge in [0.25, 0.3) is 5.91 Å². The summed E-state index contributed by atoms with van der Waals surface area (Å²) in [4.78, 5) is 19.5. The van der Waals surface area contributed by atoms with Gasteiger partial charge in [0.2, 0.25) is 0 Å². The van der Waals surface area contributed by atoms with Crippen LogP contribution >= 0.6 is 11.3 Å². The maximum atomic E-state index is 13.0. The van der Waals surface area contributed by atoms with E-state index in [1.54, 1.807) is 18.4 Å². The Kier molecular flexibility index (Phi) is 4.88. The summed E-state index contributed by atoms with van der Waals surface area (Å²) < 4.78 is 7.36. The van der Waals surface area contributed by atoms with E-state index in [2.05, 4.69) is 9.55 Å². The van der Waals surface area contributed by atoms with Crippen LogP contribution in [0, 0.1) is 6.92 Å². The second-order valence-corrected chi connectivity index (χ2v) is 7.88. The largest absolute Gasteiger partial charge is 0.467 e. The Morgan fingerprint density at radius 3 is 3.00 bits per heavy atom. The number of hydrogen-bond donors (Lipinski definition) is 1. The molecule has 4 heterocycles. The Morgan fingerprint density at radius 1 is 1.44 bits per heavy atom. The summed E-state index contributed by atoms with van der Waals surface area (Å²) in [5.41, 5.74) is 2.65. The van der Waals surface area contributed by atoms with E-state index in [-0.39, 0.29) is 11.9 Å². The van der Waals surface area contributed by atoms with Crippen molar-refractivity contribution in [3.05, 3.63) is 53.1 Å². The van der Waals surface area contributed by atoms with Gasteiger partial charge in [0.1, 0.15) is 22.6 Å². The van der Waals surface area contributed by atoms with E-state index in [1.165, 1.54) is 11.3 Å². The van der Waals surface area contributed by atoms with Crippen LogP contribution in [-0.2, 0) is 7.05 Å². The first-order valence-corrected chi connectivity index (χ1v) is 10.0. The summed E-state index contributed by atoms with van der Waals surface area (Å²) in [5.74, 6) is 0.488. The molecule has 2 atom stereocenters. The molecule has 1 aliphatic rings. The zero-order valence-electron chi connectivity index (χ0n) is 15.5. The Labute approximate surface area is 162 Å². The molecule has 1 amide bonds. The minimum atomic E-state index is -0.698. The number of nitrogens with zero attached hydrogens (tertiary/aromatic N) is 3. The van der Waals surface area contributed by atoms with E-state index >= 15 is 0 Å². The maximum absolute atomic E-state index is 13.0. The molecular weight excluding hydrogens is 362 g/mol. The molecule has 1 aliphatic heterocycles. The van der Waals surface area contributed by atoms with Crippen LogP contribution < -0.4 is 0 Å². The minimum absolute atomic E-state index is 0.0000286. The number of carbonyl (C=O) groups excluding carboxylic acids is 1. The highest BCUT2D eigenvalue weighted by Gasteiger charge is 2.33. The molecule has 1 N–H and O–H groups in total. The number of aryl methyl sites for hydroxylation is 1. The van der Waals surface area contributed by atoms with Crippen LogP contribution in [0.25, 0.3) is 10.7 Å². The van der Waals surface area contributed by atoms with Crippen molar-refractivity contribution in [3.63, 3.8) is 0 Å². The fourth-order valence-electron chi connectivity index (χ4n) is 3.67. The molecule has 3 aromatic heterocycles. The molecule has 27 heavy (non-hydrogen) atoms. The third kappa shape index (κ3) is 3.44. The Morgan fingerprint density at radius 2 is 2.30 bits per heavy atom. The van der Waals surface area contributed by atoms with Crippen LogP contribution in [0.5, 0.6) is 0 Å². The zero-order valence-corrected chi connectivity index (χ0v) is 16.3. The Bertz CT molecular complexity index is 928. The van der Waals surface area contributed by atoms with E-state index in [9.17, 15) is 9.90 Å². The van der Waals surface area contributed by atoms with Gasteiger partial charge >= 0.3 is 0 Å². The van der Waals surface area contributed by atoms with E-state index < -0.39 is 6.10 Å². The number of hydrogen-bond acceptors (Lipinski definition) is 5. The smallest absolute Gasteiger partial charge is 0.273 e. The van der Waals surface area contributed by atoms with Crippen molar-refractivity contribution in [1.82, 2.24) is 14.5 Å². The molecule has 142 valence electrons. The topological polar surface area (TPSA) is 71.5 Å². The average Bonchev–Trinajstić information content (AvgIpc) is 3.43. The summed E-state index contributed by atoms with van der Waals surface area (Å²) in [5, 5.41) is 13.1. The second-order valence-electron chi connectivity index (χ2n) is 7.02. The minimum Gasteiger partial charge on any atom is -0.467 e. The first kappa shape index (κ1) is 18.0. The predicted molar refractivity (Wildman–Crippen MR) is 104 cm³/mol. The lowest BCUT2D eigenvalue weighted by molar-refractivity contribution is 0.0637. The monoisotopic (exact) mass is 385 g/mol. The van der Waals surface area contributed by atoms with Crippen LogP contribution in [-0.4, -0.2) is 38.1 Å². The third-order valence-electron chi connectivity index (χ3n) is 5.32.